The van der Waals surface area contributed by atoms with E-state index in [1.54, 1.807) is 6.20 Å². The summed E-state index contributed by atoms with van der Waals surface area (Å²) in [5, 5.41) is 8.70. The highest BCUT2D eigenvalue weighted by atomic mass is 32.1. The van der Waals surface area contributed by atoms with Gasteiger partial charge in [0.15, 0.2) is 5.13 Å². The van der Waals surface area contributed by atoms with E-state index in [1.807, 2.05) is 5.38 Å². The molecule has 0 radical (unpaired) electrons. The van der Waals surface area contributed by atoms with E-state index in [4.69, 9.17) is 0 Å². The van der Waals surface area contributed by atoms with Crippen molar-refractivity contribution in [3.8, 4) is 0 Å². The molecule has 1 aromatic rings. The standard InChI is InChI=1S/C10H15N3OS/c14-9(13-8-3-1-2-4-8)7-12-10-11-5-6-15-10/h5-6,8H,1-4,7H2,(H,11,12)(H,13,14). The molecule has 1 amide bonds. The van der Waals surface area contributed by atoms with Gasteiger partial charge in [-0.15, -0.1) is 11.3 Å². The highest BCUT2D eigenvalue weighted by molar-refractivity contribution is 7.13. The number of carbonyl (C=O) groups excluding carboxylic acids is 1. The number of carbonyl (C=O) groups is 1. The molecule has 0 aliphatic heterocycles. The number of rotatable bonds is 4. The fourth-order valence-electron chi connectivity index (χ4n) is 1.82. The quantitative estimate of drug-likeness (QED) is 0.818. The Labute approximate surface area is 93.1 Å². The Bertz CT molecular complexity index is 306. The summed E-state index contributed by atoms with van der Waals surface area (Å²) in [5.74, 6) is 0.0668. The molecule has 2 rings (SSSR count). The molecule has 1 fully saturated rings. The molecule has 0 saturated heterocycles. The molecule has 0 aromatic carbocycles. The summed E-state index contributed by atoms with van der Waals surface area (Å²) in [6, 6.07) is 0.399. The number of hydrogen-bond acceptors (Lipinski definition) is 4. The van der Waals surface area contributed by atoms with Gasteiger partial charge in [0, 0.05) is 17.6 Å². The normalized spacial score (nSPS) is 16.5. The third kappa shape index (κ3) is 3.20. The van der Waals surface area contributed by atoms with Crippen molar-refractivity contribution in [1.82, 2.24) is 10.3 Å². The molecule has 2 N–H and O–H groups in total. The zero-order valence-corrected chi connectivity index (χ0v) is 9.35. The lowest BCUT2D eigenvalue weighted by molar-refractivity contribution is -0.120. The van der Waals surface area contributed by atoms with Crippen LogP contribution >= 0.6 is 11.3 Å². The first-order valence-corrected chi connectivity index (χ1v) is 6.15. The van der Waals surface area contributed by atoms with Gasteiger partial charge in [-0.2, -0.15) is 0 Å². The van der Waals surface area contributed by atoms with Gasteiger partial charge in [-0.1, -0.05) is 12.8 Å². The van der Waals surface area contributed by atoms with Crippen LogP contribution in [0.5, 0.6) is 0 Å². The fourth-order valence-corrected chi connectivity index (χ4v) is 2.34. The Hall–Kier alpha value is -1.10. The average molecular weight is 225 g/mol. The molecule has 1 aliphatic carbocycles. The predicted octanol–water partition coefficient (Wildman–Crippen LogP) is 1.61. The molecule has 4 nitrogen and oxygen atoms in total. The third-order valence-electron chi connectivity index (χ3n) is 2.55. The first kappa shape index (κ1) is 10.4. The van der Waals surface area contributed by atoms with Crippen molar-refractivity contribution < 1.29 is 4.79 Å². The highest BCUT2D eigenvalue weighted by Crippen LogP contribution is 2.17. The molecule has 1 aliphatic rings. The molecule has 0 unspecified atom stereocenters. The van der Waals surface area contributed by atoms with E-state index < -0.39 is 0 Å². The maximum atomic E-state index is 11.5. The summed E-state index contributed by atoms with van der Waals surface area (Å²) >= 11 is 1.51. The van der Waals surface area contributed by atoms with Gasteiger partial charge < -0.3 is 10.6 Å². The van der Waals surface area contributed by atoms with E-state index in [0.717, 1.165) is 18.0 Å². The number of nitrogens with zero attached hydrogens (tertiary/aromatic N) is 1. The Kier molecular flexibility index (Phi) is 3.55. The number of anilines is 1. The van der Waals surface area contributed by atoms with Crippen LogP contribution in [0, 0.1) is 0 Å². The number of thiazole rings is 1. The zero-order chi connectivity index (χ0) is 10.5. The van der Waals surface area contributed by atoms with Crippen molar-refractivity contribution in [3.05, 3.63) is 11.6 Å². The van der Waals surface area contributed by atoms with Crippen LogP contribution in [0.1, 0.15) is 25.7 Å². The molecule has 0 spiro atoms. The van der Waals surface area contributed by atoms with Crippen molar-refractivity contribution in [3.63, 3.8) is 0 Å². The molecule has 15 heavy (non-hydrogen) atoms. The summed E-state index contributed by atoms with van der Waals surface area (Å²) in [6.07, 6.45) is 6.46. The van der Waals surface area contributed by atoms with Crippen LogP contribution in [0.2, 0.25) is 0 Å². The monoisotopic (exact) mass is 225 g/mol. The Morgan fingerprint density at radius 3 is 3.00 bits per heavy atom. The minimum absolute atomic E-state index is 0.0668. The Balaban J connectivity index is 1.68. The van der Waals surface area contributed by atoms with Crippen LogP contribution in [0.3, 0.4) is 0 Å². The molecule has 5 heteroatoms. The average Bonchev–Trinajstić information content (AvgIpc) is 2.86. The summed E-state index contributed by atoms with van der Waals surface area (Å²) in [7, 11) is 0. The molecule has 1 heterocycles. The number of aromatic nitrogens is 1. The van der Waals surface area contributed by atoms with Gasteiger partial charge in [0.25, 0.3) is 0 Å². The van der Waals surface area contributed by atoms with Crippen molar-refractivity contribution in [2.75, 3.05) is 11.9 Å². The zero-order valence-electron chi connectivity index (χ0n) is 8.53. The van der Waals surface area contributed by atoms with Crippen LogP contribution < -0.4 is 10.6 Å². The van der Waals surface area contributed by atoms with Crippen molar-refractivity contribution in [1.29, 1.82) is 0 Å². The molecule has 1 saturated carbocycles. The second-order valence-corrected chi connectivity index (χ2v) is 4.63. The van der Waals surface area contributed by atoms with Gasteiger partial charge >= 0.3 is 0 Å². The smallest absolute Gasteiger partial charge is 0.239 e. The summed E-state index contributed by atoms with van der Waals surface area (Å²) in [5.41, 5.74) is 0. The number of nitrogens with one attached hydrogen (secondary N) is 2. The van der Waals surface area contributed by atoms with E-state index in [-0.39, 0.29) is 5.91 Å². The molecular weight excluding hydrogens is 210 g/mol. The van der Waals surface area contributed by atoms with Crippen molar-refractivity contribution >= 4 is 22.4 Å². The topological polar surface area (TPSA) is 54.0 Å². The van der Waals surface area contributed by atoms with Gasteiger partial charge in [0.1, 0.15) is 0 Å². The minimum atomic E-state index is 0.0668. The van der Waals surface area contributed by atoms with E-state index in [0.29, 0.717) is 12.6 Å². The van der Waals surface area contributed by atoms with Gasteiger partial charge in [0.05, 0.1) is 6.54 Å². The van der Waals surface area contributed by atoms with Gasteiger partial charge in [-0.05, 0) is 12.8 Å². The first-order chi connectivity index (χ1) is 7.34. The van der Waals surface area contributed by atoms with Gasteiger partial charge in [-0.3, -0.25) is 4.79 Å². The number of hydrogen-bond donors (Lipinski definition) is 2. The molecule has 82 valence electrons. The lowest BCUT2D eigenvalue weighted by Crippen LogP contribution is -2.36. The van der Waals surface area contributed by atoms with Crippen LogP contribution in [-0.4, -0.2) is 23.5 Å². The SMILES string of the molecule is O=C(CNc1nccs1)NC1CCCC1. The first-order valence-electron chi connectivity index (χ1n) is 5.27. The molecular formula is C10H15N3OS. The lowest BCUT2D eigenvalue weighted by Gasteiger charge is -2.11. The fraction of sp³-hybridized carbons (Fsp3) is 0.600. The Morgan fingerprint density at radius 1 is 1.53 bits per heavy atom. The van der Waals surface area contributed by atoms with E-state index in [2.05, 4.69) is 15.6 Å². The molecule has 0 atom stereocenters. The van der Waals surface area contributed by atoms with Crippen LogP contribution in [0.15, 0.2) is 11.6 Å². The summed E-state index contributed by atoms with van der Waals surface area (Å²) in [6.45, 7) is 0.323. The summed E-state index contributed by atoms with van der Waals surface area (Å²) < 4.78 is 0. The Morgan fingerprint density at radius 2 is 2.33 bits per heavy atom. The largest absolute Gasteiger partial charge is 0.352 e. The van der Waals surface area contributed by atoms with Crippen LogP contribution in [0.25, 0.3) is 0 Å². The number of amides is 1. The van der Waals surface area contributed by atoms with Crippen molar-refractivity contribution in [2.24, 2.45) is 0 Å². The van der Waals surface area contributed by atoms with E-state index in [1.165, 1.54) is 24.2 Å². The molecule has 0 bridgehead atoms. The predicted molar refractivity (Wildman–Crippen MR) is 61.0 cm³/mol. The van der Waals surface area contributed by atoms with Gasteiger partial charge in [0.2, 0.25) is 5.91 Å². The third-order valence-corrected chi connectivity index (χ3v) is 3.28. The van der Waals surface area contributed by atoms with Crippen LogP contribution in [0.4, 0.5) is 5.13 Å². The van der Waals surface area contributed by atoms with Crippen LogP contribution in [-0.2, 0) is 4.79 Å². The van der Waals surface area contributed by atoms with E-state index >= 15 is 0 Å². The molecule has 1 aromatic heterocycles. The lowest BCUT2D eigenvalue weighted by atomic mass is 10.2. The second kappa shape index (κ2) is 5.11. The minimum Gasteiger partial charge on any atom is -0.352 e. The highest BCUT2D eigenvalue weighted by Gasteiger charge is 2.16. The summed E-state index contributed by atoms with van der Waals surface area (Å²) in [4.78, 5) is 15.5. The van der Waals surface area contributed by atoms with Gasteiger partial charge in [-0.25, -0.2) is 4.98 Å². The maximum absolute atomic E-state index is 11.5. The maximum Gasteiger partial charge on any atom is 0.239 e. The second-order valence-electron chi connectivity index (χ2n) is 3.74. The van der Waals surface area contributed by atoms with E-state index in [9.17, 15) is 4.79 Å². The van der Waals surface area contributed by atoms with Crippen molar-refractivity contribution in [2.45, 2.75) is 31.7 Å².